The van der Waals surface area contributed by atoms with E-state index >= 15 is 0 Å². The molecule has 0 fully saturated rings. The van der Waals surface area contributed by atoms with E-state index < -0.39 is 0 Å². The molecule has 2 aromatic carbocycles. The van der Waals surface area contributed by atoms with Gasteiger partial charge in [-0.05, 0) is 53.3 Å². The molecule has 2 aromatic heterocycles. The van der Waals surface area contributed by atoms with Crippen molar-refractivity contribution in [1.29, 1.82) is 0 Å². The lowest BCUT2D eigenvalue weighted by Crippen LogP contribution is -2.02. The van der Waals surface area contributed by atoms with Crippen molar-refractivity contribution in [2.45, 2.75) is 13.5 Å². The third-order valence-corrected chi connectivity index (χ3v) is 5.16. The molecule has 0 aliphatic rings. The second-order valence-electron chi connectivity index (χ2n) is 5.99. The van der Waals surface area contributed by atoms with Crippen LogP contribution in [0.15, 0.2) is 41.5 Å². The molecule has 28 heavy (non-hydrogen) atoms. The number of rotatable bonds is 5. The molecule has 0 amide bonds. The summed E-state index contributed by atoms with van der Waals surface area (Å²) >= 11 is 2.04. The van der Waals surface area contributed by atoms with Crippen LogP contribution in [0.4, 0.5) is 5.95 Å². The summed E-state index contributed by atoms with van der Waals surface area (Å²) in [6.07, 6.45) is 1.60. The highest BCUT2D eigenvalue weighted by Gasteiger charge is 2.13. The number of aromatic nitrogens is 4. The minimum Gasteiger partial charge on any atom is -0.504 e. The summed E-state index contributed by atoms with van der Waals surface area (Å²) in [6.45, 7) is 2.84. The number of hydrogen-bond acceptors (Lipinski definition) is 7. The van der Waals surface area contributed by atoms with E-state index in [1.54, 1.807) is 18.3 Å². The molecule has 0 saturated carbocycles. The quantitative estimate of drug-likeness (QED) is 0.252. The van der Waals surface area contributed by atoms with Gasteiger partial charge in [-0.1, -0.05) is 18.2 Å². The van der Waals surface area contributed by atoms with E-state index in [-0.39, 0.29) is 5.75 Å². The number of para-hydroxylation sites is 1. The van der Waals surface area contributed by atoms with Crippen molar-refractivity contribution in [1.82, 2.24) is 19.7 Å². The molecule has 0 unspecified atom stereocenters. The Hall–Kier alpha value is -2.95. The van der Waals surface area contributed by atoms with Crippen LogP contribution in [0.1, 0.15) is 12.5 Å². The molecule has 2 N–H and O–H groups in total. The first-order valence-electron chi connectivity index (χ1n) is 8.59. The molecular weight excluding hydrogens is 471 g/mol. The molecule has 2 heterocycles. The van der Waals surface area contributed by atoms with Crippen molar-refractivity contribution >= 4 is 56.8 Å². The Kier molecular flexibility index (Phi) is 4.99. The second kappa shape index (κ2) is 7.58. The van der Waals surface area contributed by atoms with Gasteiger partial charge >= 0.3 is 0 Å². The minimum atomic E-state index is 0.110. The van der Waals surface area contributed by atoms with Gasteiger partial charge < -0.3 is 14.4 Å². The van der Waals surface area contributed by atoms with Gasteiger partial charge in [-0.25, -0.2) is 5.43 Å². The number of phenolic OH excluding ortho intramolecular Hbond substituents is 1. The van der Waals surface area contributed by atoms with E-state index in [9.17, 15) is 5.11 Å². The Morgan fingerprint density at radius 2 is 2.11 bits per heavy atom. The number of halogens is 1. The zero-order chi connectivity index (χ0) is 19.7. The highest BCUT2D eigenvalue weighted by Crippen LogP contribution is 2.32. The Morgan fingerprint density at radius 3 is 2.89 bits per heavy atom. The van der Waals surface area contributed by atoms with Crippen LogP contribution in [0, 0.1) is 3.57 Å². The van der Waals surface area contributed by atoms with E-state index in [1.807, 2.05) is 46.9 Å². The highest BCUT2D eigenvalue weighted by molar-refractivity contribution is 14.1. The van der Waals surface area contributed by atoms with E-state index in [4.69, 9.17) is 4.74 Å². The first-order valence-corrected chi connectivity index (χ1v) is 9.67. The molecule has 0 saturated heterocycles. The van der Waals surface area contributed by atoms with Crippen LogP contribution < -0.4 is 10.2 Å². The van der Waals surface area contributed by atoms with Crippen LogP contribution in [0.3, 0.4) is 0 Å². The second-order valence-corrected chi connectivity index (χ2v) is 7.15. The fourth-order valence-electron chi connectivity index (χ4n) is 3.06. The Bertz CT molecular complexity index is 1200. The van der Waals surface area contributed by atoms with Crippen LogP contribution in [0.2, 0.25) is 0 Å². The number of hydrogen-bond donors (Lipinski definition) is 2. The maximum absolute atomic E-state index is 9.91. The molecule has 0 aliphatic carbocycles. The molecule has 0 atom stereocenters. The summed E-state index contributed by atoms with van der Waals surface area (Å²) in [5, 5.41) is 23.6. The van der Waals surface area contributed by atoms with Crippen LogP contribution >= 0.6 is 22.6 Å². The molecule has 0 radical (unpaired) electrons. The number of ether oxygens (including phenoxy) is 1. The number of nitrogens with one attached hydrogen (secondary N) is 1. The average molecular weight is 488 g/mol. The van der Waals surface area contributed by atoms with Crippen LogP contribution in [0.5, 0.6) is 11.5 Å². The normalized spacial score (nSPS) is 11.5. The van der Waals surface area contributed by atoms with E-state index in [0.29, 0.717) is 15.3 Å². The number of anilines is 1. The highest BCUT2D eigenvalue weighted by atomic mass is 127. The number of fused-ring (bicyclic) bond motifs is 3. The van der Waals surface area contributed by atoms with Gasteiger partial charge in [-0.15, -0.1) is 10.2 Å². The largest absolute Gasteiger partial charge is 0.504 e. The molecule has 4 aromatic rings. The van der Waals surface area contributed by atoms with Crippen molar-refractivity contribution in [2.24, 2.45) is 5.10 Å². The van der Waals surface area contributed by atoms with Crippen LogP contribution in [-0.4, -0.2) is 38.2 Å². The van der Waals surface area contributed by atoms with E-state index in [0.717, 1.165) is 34.2 Å². The third kappa shape index (κ3) is 3.21. The van der Waals surface area contributed by atoms with Crippen molar-refractivity contribution in [3.63, 3.8) is 0 Å². The van der Waals surface area contributed by atoms with Crippen LogP contribution in [-0.2, 0) is 6.54 Å². The number of benzene rings is 2. The molecule has 142 valence electrons. The first-order chi connectivity index (χ1) is 13.6. The van der Waals surface area contributed by atoms with Gasteiger partial charge in [0, 0.05) is 11.9 Å². The topological polar surface area (TPSA) is 97.5 Å². The number of phenols is 1. The number of aromatic hydroxyl groups is 1. The number of nitrogens with zero attached hydrogens (tertiary/aromatic N) is 5. The maximum atomic E-state index is 9.91. The first kappa shape index (κ1) is 18.4. The number of methoxy groups -OCH3 is 1. The fraction of sp³-hybridized carbons (Fsp3) is 0.158. The lowest BCUT2D eigenvalue weighted by atomic mass is 10.2. The predicted octanol–water partition coefficient (Wildman–Crippen LogP) is 3.76. The Labute approximate surface area is 174 Å². The number of hydrazone groups is 1. The third-order valence-electron chi connectivity index (χ3n) is 4.34. The van der Waals surface area contributed by atoms with Gasteiger partial charge in [0.25, 0.3) is 5.95 Å². The monoisotopic (exact) mass is 488 g/mol. The van der Waals surface area contributed by atoms with E-state index in [2.05, 4.69) is 37.2 Å². The molecule has 0 bridgehead atoms. The summed E-state index contributed by atoms with van der Waals surface area (Å²) in [6, 6.07) is 11.5. The van der Waals surface area contributed by atoms with Gasteiger partial charge in [0.1, 0.15) is 5.52 Å². The lowest BCUT2D eigenvalue weighted by Gasteiger charge is -2.06. The Morgan fingerprint density at radius 1 is 1.29 bits per heavy atom. The van der Waals surface area contributed by atoms with Crippen molar-refractivity contribution in [2.75, 3.05) is 12.5 Å². The molecule has 0 aliphatic heterocycles. The number of aryl methyl sites for hydroxylation is 1. The standard InChI is InChI=1S/C19H17IN6O2/c1-3-26-14-7-5-4-6-12(14)16-18(26)22-19(25-23-16)24-21-10-11-8-13(20)17(27)15(9-11)28-2/h4-10,27H,3H2,1-2H3,(H,22,24,25)/b21-10+. The van der Waals surface area contributed by atoms with Gasteiger partial charge in [-0.3, -0.25) is 0 Å². The molecule has 8 nitrogen and oxygen atoms in total. The Balaban J connectivity index is 1.65. The van der Waals surface area contributed by atoms with Gasteiger partial charge in [0.05, 0.1) is 22.4 Å². The van der Waals surface area contributed by atoms with E-state index in [1.165, 1.54) is 7.11 Å². The summed E-state index contributed by atoms with van der Waals surface area (Å²) < 4.78 is 7.93. The smallest absolute Gasteiger partial charge is 0.265 e. The molecule has 4 rings (SSSR count). The minimum absolute atomic E-state index is 0.110. The van der Waals surface area contributed by atoms with Gasteiger partial charge in [0.15, 0.2) is 17.1 Å². The van der Waals surface area contributed by atoms with Crippen molar-refractivity contribution in [3.05, 3.63) is 45.5 Å². The zero-order valence-electron chi connectivity index (χ0n) is 15.2. The SMILES string of the molecule is CCn1c2ccccc2c2nnc(N/N=C/c3cc(I)c(O)c(OC)c3)nc21. The lowest BCUT2D eigenvalue weighted by molar-refractivity contribution is 0.371. The van der Waals surface area contributed by atoms with Crippen molar-refractivity contribution in [3.8, 4) is 11.5 Å². The fourth-order valence-corrected chi connectivity index (χ4v) is 3.68. The molecular formula is C19H17IN6O2. The summed E-state index contributed by atoms with van der Waals surface area (Å²) in [7, 11) is 1.51. The zero-order valence-corrected chi connectivity index (χ0v) is 17.4. The summed E-state index contributed by atoms with van der Waals surface area (Å²) in [5.74, 6) is 0.806. The average Bonchev–Trinajstić information content (AvgIpc) is 3.03. The van der Waals surface area contributed by atoms with Crippen LogP contribution in [0.25, 0.3) is 22.1 Å². The predicted molar refractivity (Wildman–Crippen MR) is 117 cm³/mol. The van der Waals surface area contributed by atoms with Gasteiger partial charge in [0.2, 0.25) is 0 Å². The maximum Gasteiger partial charge on any atom is 0.265 e. The molecule has 9 heteroatoms. The van der Waals surface area contributed by atoms with Crippen molar-refractivity contribution < 1.29 is 9.84 Å². The van der Waals surface area contributed by atoms with Gasteiger partial charge in [-0.2, -0.15) is 10.1 Å². The molecule has 0 spiro atoms. The summed E-state index contributed by atoms with van der Waals surface area (Å²) in [5.41, 5.74) is 6.19. The summed E-state index contributed by atoms with van der Waals surface area (Å²) in [4.78, 5) is 4.58.